The van der Waals surface area contributed by atoms with E-state index in [0.29, 0.717) is 18.9 Å². The summed E-state index contributed by atoms with van der Waals surface area (Å²) in [4.78, 5) is 24.0. The predicted octanol–water partition coefficient (Wildman–Crippen LogP) is -0.707. The van der Waals surface area contributed by atoms with Crippen molar-refractivity contribution in [2.45, 2.75) is 25.6 Å². The van der Waals surface area contributed by atoms with Crippen molar-refractivity contribution in [2.75, 3.05) is 20.3 Å². The average Bonchev–Trinajstić information content (AvgIpc) is 3.05. The minimum atomic E-state index is -0.994. The van der Waals surface area contributed by atoms with Gasteiger partial charge in [-0.1, -0.05) is 5.21 Å². The molecular formula is C11H17N5O4. The third-order valence-corrected chi connectivity index (χ3v) is 3.08. The largest absolute Gasteiger partial charge is 0.480 e. The smallest absolute Gasteiger partial charge is 0.325 e. The highest BCUT2D eigenvalue weighted by atomic mass is 16.5. The zero-order chi connectivity index (χ0) is 14.5. The summed E-state index contributed by atoms with van der Waals surface area (Å²) in [7, 11) is 1.72. The van der Waals surface area contributed by atoms with Gasteiger partial charge in [-0.25, -0.2) is 9.48 Å². The summed E-state index contributed by atoms with van der Waals surface area (Å²) in [5.74, 6) is -0.994. The van der Waals surface area contributed by atoms with Crippen molar-refractivity contribution in [3.63, 3.8) is 0 Å². The fourth-order valence-corrected chi connectivity index (χ4v) is 1.92. The molecule has 2 heterocycles. The van der Waals surface area contributed by atoms with Gasteiger partial charge in [-0.05, 0) is 6.42 Å². The van der Waals surface area contributed by atoms with Gasteiger partial charge >= 0.3 is 12.0 Å². The monoisotopic (exact) mass is 283 g/mol. The third-order valence-electron chi connectivity index (χ3n) is 3.08. The molecule has 1 unspecified atom stereocenters. The molecule has 9 heteroatoms. The highest BCUT2D eigenvalue weighted by Crippen LogP contribution is 2.10. The quantitative estimate of drug-likeness (QED) is 0.739. The first kappa shape index (κ1) is 14.3. The number of urea groups is 1. The van der Waals surface area contributed by atoms with Gasteiger partial charge in [0.2, 0.25) is 0 Å². The number of hydrogen-bond acceptors (Lipinski definition) is 5. The van der Waals surface area contributed by atoms with E-state index in [9.17, 15) is 9.59 Å². The van der Waals surface area contributed by atoms with Crippen LogP contribution in [0.25, 0.3) is 0 Å². The molecule has 2 N–H and O–H groups in total. The molecule has 1 fully saturated rings. The van der Waals surface area contributed by atoms with E-state index >= 15 is 0 Å². The van der Waals surface area contributed by atoms with Crippen molar-refractivity contribution >= 4 is 12.0 Å². The lowest BCUT2D eigenvalue weighted by molar-refractivity contribution is -0.137. The van der Waals surface area contributed by atoms with E-state index in [-0.39, 0.29) is 25.2 Å². The van der Waals surface area contributed by atoms with Crippen LogP contribution in [0.15, 0.2) is 6.20 Å². The number of carboxylic acid groups (broad SMARTS) is 1. The van der Waals surface area contributed by atoms with Gasteiger partial charge in [0.15, 0.2) is 0 Å². The van der Waals surface area contributed by atoms with E-state index in [1.807, 2.05) is 0 Å². The van der Waals surface area contributed by atoms with E-state index in [0.717, 1.165) is 6.42 Å². The van der Waals surface area contributed by atoms with Crippen LogP contribution in [0, 0.1) is 0 Å². The van der Waals surface area contributed by atoms with Crippen molar-refractivity contribution in [2.24, 2.45) is 0 Å². The van der Waals surface area contributed by atoms with Gasteiger partial charge < -0.3 is 20.1 Å². The second kappa shape index (κ2) is 6.33. The van der Waals surface area contributed by atoms with Gasteiger partial charge in [0, 0.05) is 13.7 Å². The maximum Gasteiger partial charge on any atom is 0.325 e. The van der Waals surface area contributed by atoms with Crippen molar-refractivity contribution in [1.29, 1.82) is 0 Å². The SMILES string of the molecule is CN(C(=O)NCc1cn(CC(=O)O)nn1)C1CCOC1. The van der Waals surface area contributed by atoms with Gasteiger partial charge in [-0.2, -0.15) is 0 Å². The lowest BCUT2D eigenvalue weighted by atomic mass is 10.2. The number of amides is 2. The van der Waals surface area contributed by atoms with Crippen LogP contribution < -0.4 is 5.32 Å². The van der Waals surface area contributed by atoms with Gasteiger partial charge in [0.25, 0.3) is 0 Å². The van der Waals surface area contributed by atoms with E-state index in [1.54, 1.807) is 11.9 Å². The molecule has 1 atom stereocenters. The number of ether oxygens (including phenoxy) is 1. The Balaban J connectivity index is 1.80. The number of nitrogens with zero attached hydrogens (tertiary/aromatic N) is 4. The van der Waals surface area contributed by atoms with Crippen LogP contribution in [-0.4, -0.2) is 63.3 Å². The Bertz CT molecular complexity index is 483. The highest BCUT2D eigenvalue weighted by Gasteiger charge is 2.23. The fraction of sp³-hybridized carbons (Fsp3) is 0.636. The maximum absolute atomic E-state index is 11.9. The van der Waals surface area contributed by atoms with Crippen LogP contribution in [0.2, 0.25) is 0 Å². The zero-order valence-electron chi connectivity index (χ0n) is 11.2. The molecule has 0 spiro atoms. The molecule has 0 radical (unpaired) electrons. The predicted molar refractivity (Wildman–Crippen MR) is 66.9 cm³/mol. The summed E-state index contributed by atoms with van der Waals surface area (Å²) < 4.78 is 6.44. The first-order valence-corrected chi connectivity index (χ1v) is 6.25. The molecule has 9 nitrogen and oxygen atoms in total. The Morgan fingerprint density at radius 3 is 3.10 bits per heavy atom. The van der Waals surface area contributed by atoms with Gasteiger partial charge in [0.1, 0.15) is 12.2 Å². The number of nitrogens with one attached hydrogen (secondary N) is 1. The van der Waals surface area contributed by atoms with Crippen molar-refractivity contribution in [3.8, 4) is 0 Å². The number of carbonyl (C=O) groups excluding carboxylic acids is 1. The van der Waals surface area contributed by atoms with Gasteiger partial charge in [-0.3, -0.25) is 4.79 Å². The van der Waals surface area contributed by atoms with E-state index in [2.05, 4.69) is 15.6 Å². The van der Waals surface area contributed by atoms with Crippen LogP contribution in [0.5, 0.6) is 0 Å². The number of aliphatic carboxylic acids is 1. The minimum Gasteiger partial charge on any atom is -0.480 e. The standard InChI is InChI=1S/C11H17N5O4/c1-15(9-2-3-20-7-9)11(19)12-4-8-5-16(14-13-8)6-10(17)18/h5,9H,2-4,6-7H2,1H3,(H,12,19)(H,17,18). The molecule has 1 aromatic heterocycles. The molecule has 1 aliphatic rings. The van der Waals surface area contributed by atoms with Gasteiger partial charge in [0.05, 0.1) is 25.4 Å². The van der Waals surface area contributed by atoms with Crippen molar-refractivity contribution in [3.05, 3.63) is 11.9 Å². The molecule has 20 heavy (non-hydrogen) atoms. The number of hydrogen-bond donors (Lipinski definition) is 2. The Morgan fingerprint density at radius 2 is 2.45 bits per heavy atom. The first-order valence-electron chi connectivity index (χ1n) is 6.25. The number of carboxylic acids is 1. The Labute approximate surface area is 115 Å². The lowest BCUT2D eigenvalue weighted by Gasteiger charge is -2.23. The lowest BCUT2D eigenvalue weighted by Crippen LogP contribution is -2.43. The van der Waals surface area contributed by atoms with Crippen LogP contribution in [0.4, 0.5) is 4.79 Å². The number of carbonyl (C=O) groups is 2. The van der Waals surface area contributed by atoms with Crippen LogP contribution >= 0.6 is 0 Å². The molecule has 1 aliphatic heterocycles. The molecular weight excluding hydrogens is 266 g/mol. The molecule has 2 amide bonds. The first-order chi connectivity index (χ1) is 9.56. The van der Waals surface area contributed by atoms with E-state index < -0.39 is 5.97 Å². The molecule has 0 aromatic carbocycles. The molecule has 0 bridgehead atoms. The normalized spacial score (nSPS) is 17.9. The molecule has 0 saturated carbocycles. The number of rotatable bonds is 5. The Kier molecular flexibility index (Phi) is 4.51. The minimum absolute atomic E-state index is 0.0951. The average molecular weight is 283 g/mol. The topological polar surface area (TPSA) is 110 Å². The third kappa shape index (κ3) is 3.67. The highest BCUT2D eigenvalue weighted by molar-refractivity contribution is 5.74. The number of aromatic nitrogens is 3. The Hall–Kier alpha value is -2.16. The molecule has 0 aliphatic carbocycles. The number of likely N-dealkylation sites (N-methyl/N-ethyl adjacent to an activating group) is 1. The van der Waals surface area contributed by atoms with Crippen molar-refractivity contribution in [1.82, 2.24) is 25.2 Å². The van der Waals surface area contributed by atoms with E-state index in [1.165, 1.54) is 10.9 Å². The summed E-state index contributed by atoms with van der Waals surface area (Å²) in [6, 6.07) is -0.119. The van der Waals surface area contributed by atoms with E-state index in [4.69, 9.17) is 9.84 Å². The summed E-state index contributed by atoms with van der Waals surface area (Å²) in [5.41, 5.74) is 0.510. The molecule has 110 valence electrons. The summed E-state index contributed by atoms with van der Waals surface area (Å²) in [6.07, 6.45) is 2.33. The zero-order valence-corrected chi connectivity index (χ0v) is 11.2. The molecule has 1 saturated heterocycles. The summed E-state index contributed by atoms with van der Waals surface area (Å²) in [5, 5.41) is 18.8. The maximum atomic E-state index is 11.9. The Morgan fingerprint density at radius 1 is 1.65 bits per heavy atom. The summed E-state index contributed by atoms with van der Waals surface area (Å²) in [6.45, 7) is 1.18. The summed E-state index contributed by atoms with van der Waals surface area (Å²) >= 11 is 0. The van der Waals surface area contributed by atoms with Crippen LogP contribution in [0.1, 0.15) is 12.1 Å². The molecule has 2 rings (SSSR count). The van der Waals surface area contributed by atoms with Gasteiger partial charge in [-0.15, -0.1) is 5.10 Å². The fourth-order valence-electron chi connectivity index (χ4n) is 1.92. The van der Waals surface area contributed by atoms with Crippen molar-refractivity contribution < 1.29 is 19.4 Å². The van der Waals surface area contributed by atoms with Crippen LogP contribution in [0.3, 0.4) is 0 Å². The second-order valence-corrected chi connectivity index (χ2v) is 4.59. The van der Waals surface area contributed by atoms with Crippen LogP contribution in [-0.2, 0) is 22.6 Å². The molecule has 1 aromatic rings. The second-order valence-electron chi connectivity index (χ2n) is 4.59.